The minimum Gasteiger partial charge on any atom is -0.443 e. The van der Waals surface area contributed by atoms with E-state index in [1.807, 2.05) is 18.2 Å². The van der Waals surface area contributed by atoms with E-state index in [9.17, 15) is 9.59 Å². The third kappa shape index (κ3) is 3.95. The molecule has 0 bridgehead atoms. The highest BCUT2D eigenvalue weighted by molar-refractivity contribution is 7.17. The average molecular weight is 366 g/mol. The topological polar surface area (TPSA) is 55.8 Å². The van der Waals surface area contributed by atoms with Crippen LogP contribution >= 0.6 is 22.9 Å². The Kier molecular flexibility index (Phi) is 5.50. The molecule has 0 spiro atoms. The lowest BCUT2D eigenvalue weighted by molar-refractivity contribution is -0.145. The summed E-state index contributed by atoms with van der Waals surface area (Å²) in [5, 5.41) is 0. The molecule has 1 aliphatic heterocycles. The number of halogens is 1. The minimum atomic E-state index is -0.974. The third-order valence-electron chi connectivity index (χ3n) is 3.65. The average Bonchev–Trinajstić information content (AvgIpc) is 3.07. The van der Waals surface area contributed by atoms with E-state index in [4.69, 9.17) is 21.1 Å². The standard InChI is InChI=1S/C17H16ClNO4S/c18-14-7-6-13(24-14)17(21)23-15(12-4-2-1-3-5-12)16(20)19-8-10-22-11-9-19/h1-7,15H,8-11H2/t15-/m0/s1. The van der Waals surface area contributed by atoms with Crippen LogP contribution < -0.4 is 0 Å². The molecule has 2 aromatic rings. The molecule has 2 heterocycles. The van der Waals surface area contributed by atoms with Gasteiger partial charge in [-0.3, -0.25) is 4.79 Å². The summed E-state index contributed by atoms with van der Waals surface area (Å²) in [6.45, 7) is 1.96. The minimum absolute atomic E-state index is 0.236. The Morgan fingerprint density at radius 3 is 2.46 bits per heavy atom. The highest BCUT2D eigenvalue weighted by Gasteiger charge is 2.31. The second-order valence-corrected chi connectivity index (χ2v) is 6.95. The first-order chi connectivity index (χ1) is 11.6. The first-order valence-electron chi connectivity index (χ1n) is 7.53. The van der Waals surface area contributed by atoms with Gasteiger partial charge in [0.05, 0.1) is 17.6 Å². The quantitative estimate of drug-likeness (QED) is 0.781. The molecule has 0 unspecified atom stereocenters. The number of benzene rings is 1. The number of morpholine rings is 1. The van der Waals surface area contributed by atoms with Crippen molar-refractivity contribution in [3.63, 3.8) is 0 Å². The zero-order valence-corrected chi connectivity index (χ0v) is 14.4. The zero-order chi connectivity index (χ0) is 16.9. The number of hydrogen-bond donors (Lipinski definition) is 0. The van der Waals surface area contributed by atoms with Gasteiger partial charge in [-0.25, -0.2) is 4.79 Å². The van der Waals surface area contributed by atoms with E-state index < -0.39 is 12.1 Å². The Bertz CT molecular complexity index is 712. The fourth-order valence-corrected chi connectivity index (χ4v) is 3.35. The van der Waals surface area contributed by atoms with Crippen LogP contribution in [0, 0.1) is 0 Å². The van der Waals surface area contributed by atoms with Crippen LogP contribution in [-0.2, 0) is 14.3 Å². The van der Waals surface area contributed by atoms with Gasteiger partial charge in [-0.1, -0.05) is 41.9 Å². The van der Waals surface area contributed by atoms with E-state index in [0.29, 0.717) is 41.1 Å². The number of esters is 1. The van der Waals surface area contributed by atoms with Crippen molar-refractivity contribution in [2.45, 2.75) is 6.10 Å². The number of thiophene rings is 1. The molecule has 1 amide bonds. The number of nitrogens with zero attached hydrogens (tertiary/aromatic N) is 1. The molecular formula is C17H16ClNO4S. The maximum atomic E-state index is 12.8. The van der Waals surface area contributed by atoms with E-state index in [0.717, 1.165) is 11.3 Å². The number of amides is 1. The molecule has 3 rings (SSSR count). The van der Waals surface area contributed by atoms with Gasteiger partial charge in [-0.05, 0) is 12.1 Å². The molecule has 1 fully saturated rings. The summed E-state index contributed by atoms with van der Waals surface area (Å²) in [7, 11) is 0. The van der Waals surface area contributed by atoms with Crippen LogP contribution in [0.3, 0.4) is 0 Å². The normalized spacial score (nSPS) is 15.8. The Balaban J connectivity index is 1.82. The molecule has 7 heteroatoms. The number of carbonyl (C=O) groups excluding carboxylic acids is 2. The van der Waals surface area contributed by atoms with Crippen molar-refractivity contribution in [1.29, 1.82) is 0 Å². The highest BCUT2D eigenvalue weighted by atomic mass is 35.5. The first kappa shape index (κ1) is 17.0. The molecule has 5 nitrogen and oxygen atoms in total. The van der Waals surface area contributed by atoms with Crippen LogP contribution in [0.5, 0.6) is 0 Å². The van der Waals surface area contributed by atoms with Gasteiger partial charge in [0.15, 0.2) is 0 Å². The van der Waals surface area contributed by atoms with Gasteiger partial charge in [0.25, 0.3) is 5.91 Å². The fraction of sp³-hybridized carbons (Fsp3) is 0.294. The molecule has 126 valence electrons. The van der Waals surface area contributed by atoms with Crippen molar-refractivity contribution in [1.82, 2.24) is 4.90 Å². The molecule has 0 saturated carbocycles. The number of ether oxygens (including phenoxy) is 2. The smallest absolute Gasteiger partial charge is 0.349 e. The second kappa shape index (κ2) is 7.79. The molecule has 0 N–H and O–H groups in total. The third-order valence-corrected chi connectivity index (χ3v) is 4.86. The largest absolute Gasteiger partial charge is 0.443 e. The molecule has 1 aromatic heterocycles. The molecule has 1 aliphatic rings. The molecule has 1 aromatic carbocycles. The summed E-state index contributed by atoms with van der Waals surface area (Å²) < 4.78 is 11.3. The molecule has 1 atom stereocenters. The van der Waals surface area contributed by atoms with Gasteiger partial charge in [0, 0.05) is 18.7 Å². The van der Waals surface area contributed by atoms with E-state index in [1.54, 1.807) is 29.2 Å². The van der Waals surface area contributed by atoms with Crippen LogP contribution in [0.4, 0.5) is 0 Å². The maximum absolute atomic E-state index is 12.8. The van der Waals surface area contributed by atoms with Gasteiger partial charge in [0.2, 0.25) is 6.10 Å². The summed E-state index contributed by atoms with van der Waals surface area (Å²) in [4.78, 5) is 27.2. The molecular weight excluding hydrogens is 350 g/mol. The first-order valence-corrected chi connectivity index (χ1v) is 8.72. The van der Waals surface area contributed by atoms with Gasteiger partial charge in [-0.15, -0.1) is 11.3 Å². The maximum Gasteiger partial charge on any atom is 0.349 e. The Hall–Kier alpha value is -1.89. The molecule has 0 radical (unpaired) electrons. The summed E-state index contributed by atoms with van der Waals surface area (Å²) in [6, 6.07) is 12.2. The SMILES string of the molecule is O=C(O[C@H](C(=O)N1CCOCC1)c1ccccc1)c1ccc(Cl)s1. The molecule has 24 heavy (non-hydrogen) atoms. The lowest BCUT2D eigenvalue weighted by Crippen LogP contribution is -2.44. The monoisotopic (exact) mass is 365 g/mol. The van der Waals surface area contributed by atoms with E-state index in [2.05, 4.69) is 0 Å². The van der Waals surface area contributed by atoms with Crippen LogP contribution in [0.1, 0.15) is 21.3 Å². The van der Waals surface area contributed by atoms with Gasteiger partial charge < -0.3 is 14.4 Å². The van der Waals surface area contributed by atoms with Gasteiger partial charge >= 0.3 is 5.97 Å². The summed E-state index contributed by atoms with van der Waals surface area (Å²) >= 11 is 6.99. The van der Waals surface area contributed by atoms with E-state index in [-0.39, 0.29) is 5.91 Å². The van der Waals surface area contributed by atoms with Crippen molar-refractivity contribution in [2.75, 3.05) is 26.3 Å². The highest BCUT2D eigenvalue weighted by Crippen LogP contribution is 2.26. The Morgan fingerprint density at radius 2 is 1.83 bits per heavy atom. The summed E-state index contributed by atoms with van der Waals surface area (Å²) in [5.74, 6) is -0.789. The number of carbonyl (C=O) groups is 2. The fourth-order valence-electron chi connectivity index (χ4n) is 2.43. The van der Waals surface area contributed by atoms with Crippen molar-refractivity contribution in [2.24, 2.45) is 0 Å². The number of rotatable bonds is 4. The van der Waals surface area contributed by atoms with E-state index in [1.165, 1.54) is 0 Å². The zero-order valence-electron chi connectivity index (χ0n) is 12.8. The summed E-state index contributed by atoms with van der Waals surface area (Å²) in [5.41, 5.74) is 0.644. The van der Waals surface area contributed by atoms with Crippen molar-refractivity contribution in [3.05, 3.63) is 57.2 Å². The Morgan fingerprint density at radius 1 is 1.12 bits per heavy atom. The van der Waals surface area contributed by atoms with Crippen LogP contribution in [0.2, 0.25) is 4.34 Å². The van der Waals surface area contributed by atoms with Crippen molar-refractivity contribution in [3.8, 4) is 0 Å². The van der Waals surface area contributed by atoms with Crippen LogP contribution in [0.25, 0.3) is 0 Å². The Labute approximate surface area is 148 Å². The second-order valence-electron chi connectivity index (χ2n) is 5.24. The van der Waals surface area contributed by atoms with Crippen LogP contribution in [-0.4, -0.2) is 43.1 Å². The number of hydrogen-bond acceptors (Lipinski definition) is 5. The predicted octanol–water partition coefficient (Wildman–Crippen LogP) is 3.16. The lowest BCUT2D eigenvalue weighted by atomic mass is 10.1. The van der Waals surface area contributed by atoms with Crippen LogP contribution in [0.15, 0.2) is 42.5 Å². The molecule has 0 aliphatic carbocycles. The predicted molar refractivity (Wildman–Crippen MR) is 91.3 cm³/mol. The van der Waals surface area contributed by atoms with E-state index >= 15 is 0 Å². The van der Waals surface area contributed by atoms with Gasteiger partial charge in [0.1, 0.15) is 4.88 Å². The summed E-state index contributed by atoms with van der Waals surface area (Å²) in [6.07, 6.45) is -0.974. The van der Waals surface area contributed by atoms with Gasteiger partial charge in [-0.2, -0.15) is 0 Å². The van der Waals surface area contributed by atoms with Crippen molar-refractivity contribution < 1.29 is 19.1 Å². The van der Waals surface area contributed by atoms with Crippen molar-refractivity contribution >= 4 is 34.8 Å². The molecule has 1 saturated heterocycles. The lowest BCUT2D eigenvalue weighted by Gasteiger charge is -2.30.